The third-order valence-electron chi connectivity index (χ3n) is 18.8. The van der Waals surface area contributed by atoms with Crippen LogP contribution in [0.1, 0.15) is 5.56 Å². The molecule has 6 nitrogen and oxygen atoms in total. The zero-order valence-corrected chi connectivity index (χ0v) is 49.7. The Hall–Kier alpha value is -12.7. The van der Waals surface area contributed by atoms with Gasteiger partial charge in [0.25, 0.3) is 0 Å². The van der Waals surface area contributed by atoms with Gasteiger partial charge in [-0.2, -0.15) is 5.26 Å². The normalized spacial score (nSPS) is 11.7. The van der Waals surface area contributed by atoms with Gasteiger partial charge in [-0.25, -0.2) is 4.85 Å². The van der Waals surface area contributed by atoms with Crippen molar-refractivity contribution in [1.82, 2.24) is 18.3 Å². The first-order chi connectivity index (χ1) is 45.6. The number of hydrogen-bond acceptors (Lipinski definition) is 1. The lowest BCUT2D eigenvalue weighted by Gasteiger charge is -2.19. The fourth-order valence-corrected chi connectivity index (χ4v) is 14.7. The quantitative estimate of drug-likeness (QED) is 0.133. The summed E-state index contributed by atoms with van der Waals surface area (Å²) in [4.78, 5) is 4.04. The van der Waals surface area contributed by atoms with Crippen LogP contribution < -0.4 is 0 Å². The van der Waals surface area contributed by atoms with Crippen LogP contribution in [0.2, 0.25) is 0 Å². The van der Waals surface area contributed by atoms with Crippen LogP contribution in [-0.4, -0.2) is 18.3 Å². The molecule has 0 N–H and O–H groups in total. The Morgan fingerprint density at radius 3 is 0.913 bits per heavy atom. The zero-order valence-electron chi connectivity index (χ0n) is 49.7. The van der Waals surface area contributed by atoms with Crippen molar-refractivity contribution < 1.29 is 0 Å². The fraction of sp³-hybridized carbons (Fsp3) is 0. The number of rotatable bonds is 9. The summed E-state index contributed by atoms with van der Waals surface area (Å²) in [6.07, 6.45) is 0. The topological polar surface area (TPSA) is 47.9 Å². The molecule has 0 bridgehead atoms. The third-order valence-corrected chi connectivity index (χ3v) is 18.8. The van der Waals surface area contributed by atoms with Gasteiger partial charge in [0.15, 0.2) is 5.69 Å². The van der Waals surface area contributed by atoms with E-state index in [1.54, 1.807) is 0 Å². The molecule has 0 saturated heterocycles. The van der Waals surface area contributed by atoms with Crippen LogP contribution in [0.5, 0.6) is 0 Å². The molecule has 0 unspecified atom stereocenters. The van der Waals surface area contributed by atoms with E-state index in [9.17, 15) is 5.26 Å². The molecule has 0 fully saturated rings. The Morgan fingerprint density at radius 2 is 0.533 bits per heavy atom. The molecule has 4 aromatic heterocycles. The lowest BCUT2D eigenvalue weighted by molar-refractivity contribution is 1.16. The van der Waals surface area contributed by atoms with E-state index in [0.29, 0.717) is 11.3 Å². The van der Waals surface area contributed by atoms with Gasteiger partial charge >= 0.3 is 0 Å². The van der Waals surface area contributed by atoms with E-state index >= 15 is 0 Å². The van der Waals surface area contributed by atoms with Gasteiger partial charge in [0.1, 0.15) is 0 Å². The largest absolute Gasteiger partial charge is 0.309 e. The highest BCUT2D eigenvalue weighted by Gasteiger charge is 2.24. The van der Waals surface area contributed by atoms with Crippen molar-refractivity contribution in [2.45, 2.75) is 0 Å². The van der Waals surface area contributed by atoms with Crippen molar-refractivity contribution in [3.8, 4) is 84.5 Å². The Kier molecular flexibility index (Phi) is 11.9. The van der Waals surface area contributed by atoms with Crippen molar-refractivity contribution in [2.75, 3.05) is 0 Å². The molecule has 4 heterocycles. The van der Waals surface area contributed by atoms with E-state index in [-0.39, 0.29) is 0 Å². The van der Waals surface area contributed by atoms with Crippen LogP contribution in [0, 0.1) is 17.9 Å². The summed E-state index contributed by atoms with van der Waals surface area (Å²) in [6.45, 7) is 8.42. The molecule has 18 aromatic rings. The summed E-state index contributed by atoms with van der Waals surface area (Å²) in [7, 11) is 0. The summed E-state index contributed by atoms with van der Waals surface area (Å²) in [5, 5.41) is 20.1. The summed E-state index contributed by atoms with van der Waals surface area (Å²) in [6, 6.07) is 115. The second-order valence-corrected chi connectivity index (χ2v) is 23.8. The monoisotopic (exact) mass is 1170 g/mol. The van der Waals surface area contributed by atoms with Crippen molar-refractivity contribution in [3.63, 3.8) is 0 Å². The highest BCUT2D eigenvalue weighted by Crippen LogP contribution is 2.46. The molecule has 0 radical (unpaired) electrons. The summed E-state index contributed by atoms with van der Waals surface area (Å²) < 4.78 is 9.51. The Morgan fingerprint density at radius 1 is 0.239 bits per heavy atom. The van der Waals surface area contributed by atoms with E-state index in [4.69, 9.17) is 6.57 Å². The lowest BCUT2D eigenvalue weighted by atomic mass is 9.96. The minimum absolute atomic E-state index is 0.504. The van der Waals surface area contributed by atoms with Crippen LogP contribution in [0.25, 0.3) is 170 Å². The molecule has 0 aliphatic carbocycles. The third kappa shape index (κ3) is 8.12. The fourth-order valence-electron chi connectivity index (χ4n) is 14.7. The lowest BCUT2D eigenvalue weighted by Crippen LogP contribution is -2.02. The number of fused-ring (bicyclic) bond motifs is 12. The number of nitrogens with zero attached hydrogens (tertiary/aromatic N) is 6. The van der Waals surface area contributed by atoms with Gasteiger partial charge in [0, 0.05) is 59.8 Å². The predicted molar refractivity (Wildman–Crippen MR) is 382 cm³/mol. The highest BCUT2D eigenvalue weighted by atomic mass is 15.0. The van der Waals surface area contributed by atoms with Gasteiger partial charge in [0.2, 0.25) is 0 Å². The average Bonchev–Trinajstić information content (AvgIpc) is 1.58. The Bertz CT molecular complexity index is 5670. The number of aromatic nitrogens is 4. The first-order valence-electron chi connectivity index (χ1n) is 31.1. The minimum Gasteiger partial charge on any atom is -0.309 e. The molecule has 0 spiro atoms. The highest BCUT2D eigenvalue weighted by molar-refractivity contribution is 6.15. The van der Waals surface area contributed by atoms with E-state index in [1.165, 1.54) is 43.6 Å². The molecule has 0 aliphatic heterocycles. The maximum atomic E-state index is 10.7. The first-order valence-corrected chi connectivity index (χ1v) is 31.1. The molecule has 0 aliphatic rings. The molecule has 0 amide bonds. The number of nitriles is 1. The van der Waals surface area contributed by atoms with Crippen LogP contribution in [0.4, 0.5) is 5.69 Å². The summed E-state index contributed by atoms with van der Waals surface area (Å²) >= 11 is 0. The molecule has 18 rings (SSSR count). The minimum atomic E-state index is 0.504. The van der Waals surface area contributed by atoms with E-state index in [0.717, 1.165) is 122 Å². The number of hydrogen-bond donors (Lipinski definition) is 0. The number of benzene rings is 14. The van der Waals surface area contributed by atoms with Gasteiger partial charge in [-0.3, -0.25) is 0 Å². The van der Waals surface area contributed by atoms with Crippen molar-refractivity contribution in [2.24, 2.45) is 0 Å². The molecule has 426 valence electrons. The SMILES string of the molecule is [C-]#[N+]c1ccc(-n2c3ccccc3c3cc(-c4ccc(-n5c6ccccc6c6ccccc65)c(-c5ccccc5)c4)ccc32)c(-c2cc(C#N)ccc2-n2c3ccccc3c3cc(-c4ccc(-n5c6ccccc6c6ccccc65)c(-c5ccccc5)c4)ccc32)c1. The van der Waals surface area contributed by atoms with Gasteiger partial charge in [0.05, 0.1) is 85.1 Å². The molecule has 0 saturated carbocycles. The van der Waals surface area contributed by atoms with Crippen molar-refractivity contribution in [3.05, 3.63) is 332 Å². The number of para-hydroxylation sites is 6. The van der Waals surface area contributed by atoms with Crippen molar-refractivity contribution in [1.29, 1.82) is 5.26 Å². The molecule has 0 atom stereocenters. The van der Waals surface area contributed by atoms with Crippen LogP contribution >= 0.6 is 0 Å². The summed E-state index contributed by atoms with van der Waals surface area (Å²) in [5.41, 5.74) is 24.5. The second kappa shape index (κ2) is 21.0. The van der Waals surface area contributed by atoms with E-state index in [2.05, 4.69) is 320 Å². The Labute approximate surface area is 530 Å². The molecule has 14 aromatic carbocycles. The summed E-state index contributed by atoms with van der Waals surface area (Å²) in [5.74, 6) is 0. The van der Waals surface area contributed by atoms with Crippen LogP contribution in [0.3, 0.4) is 0 Å². The smallest absolute Gasteiger partial charge is 0.188 e. The molecule has 6 heteroatoms. The maximum absolute atomic E-state index is 10.7. The first kappa shape index (κ1) is 52.4. The van der Waals surface area contributed by atoms with E-state index < -0.39 is 0 Å². The van der Waals surface area contributed by atoms with Gasteiger partial charge in [-0.05, 0) is 154 Å². The average molecular weight is 1170 g/mol. The van der Waals surface area contributed by atoms with Crippen LogP contribution in [0.15, 0.2) is 315 Å². The Balaban J connectivity index is 0.791. The molecule has 92 heavy (non-hydrogen) atoms. The van der Waals surface area contributed by atoms with Crippen molar-refractivity contribution >= 4 is 92.9 Å². The predicted octanol–water partition coefficient (Wildman–Crippen LogP) is 22.8. The standard InChI is InChI=1S/C86H52N6/c1-88-62-41-47-86(92-80-35-19-13-29-68(80)73-52-61(40-46-85(73)92)59-38-44-82(70(50-59)57-22-6-3-7-23-57)90-77-32-16-10-26-65(77)66-27-11-17-33-78(66)90)74(53-62)71-48-55(54-87)36-42-83(71)91-79-34-18-12-28-67(79)72-51-60(39-45-84(72)91)58-37-43-81(69(49-58)56-20-4-2-5-21-56)89-75-30-14-8-24-63(75)64-25-9-15-31-76(64)89/h2-53H. The molecular weight excluding hydrogens is 1120 g/mol. The zero-order chi connectivity index (χ0) is 61.0. The second-order valence-electron chi connectivity index (χ2n) is 23.8. The van der Waals surface area contributed by atoms with Gasteiger partial charge < -0.3 is 18.3 Å². The van der Waals surface area contributed by atoms with E-state index in [1.807, 2.05) is 24.3 Å². The van der Waals surface area contributed by atoms with Gasteiger partial charge in [-0.15, -0.1) is 0 Å². The molecular formula is C86H52N6. The van der Waals surface area contributed by atoms with Crippen LogP contribution in [-0.2, 0) is 0 Å². The maximum Gasteiger partial charge on any atom is 0.188 e. The van der Waals surface area contributed by atoms with Gasteiger partial charge in [-0.1, -0.05) is 200 Å².